The molecule has 0 bridgehead atoms. The smallest absolute Gasteiger partial charge is 0.325 e. The van der Waals surface area contributed by atoms with Crippen molar-refractivity contribution >= 4 is 17.7 Å². The zero-order valence-corrected chi connectivity index (χ0v) is 13.8. The molecule has 1 N–H and O–H groups in total. The molecular weight excluding hydrogens is 288 g/mol. The topological polar surface area (TPSA) is 69.0 Å². The highest BCUT2D eigenvalue weighted by molar-refractivity contribution is 7.99. The van der Waals surface area contributed by atoms with Crippen LogP contribution in [-0.2, 0) is 16.6 Å². The van der Waals surface area contributed by atoms with Gasteiger partial charge in [-0.25, -0.2) is 0 Å². The molecule has 6 nitrogen and oxygen atoms in total. The molecule has 1 aliphatic carbocycles. The molecule has 2 rings (SSSR count). The summed E-state index contributed by atoms with van der Waals surface area (Å²) in [5.41, 5.74) is -0.550. The van der Waals surface area contributed by atoms with E-state index in [4.69, 9.17) is 4.74 Å². The molecule has 1 aromatic heterocycles. The number of aryl methyl sites for hydroxylation is 1. The van der Waals surface area contributed by atoms with E-state index in [0.29, 0.717) is 6.04 Å². The fourth-order valence-corrected chi connectivity index (χ4v) is 3.17. The molecule has 0 aliphatic heterocycles. The van der Waals surface area contributed by atoms with Gasteiger partial charge in [0.05, 0.1) is 7.11 Å². The predicted octanol–water partition coefficient (Wildman–Crippen LogP) is 1.76. The van der Waals surface area contributed by atoms with Gasteiger partial charge in [0, 0.05) is 18.8 Å². The van der Waals surface area contributed by atoms with Gasteiger partial charge in [0.15, 0.2) is 5.16 Å². The van der Waals surface area contributed by atoms with Crippen LogP contribution in [0, 0.1) is 0 Å². The monoisotopic (exact) mass is 312 g/mol. The molecule has 7 heteroatoms. The maximum absolute atomic E-state index is 12.0. The molecule has 21 heavy (non-hydrogen) atoms. The van der Waals surface area contributed by atoms with E-state index in [2.05, 4.69) is 15.5 Å². The van der Waals surface area contributed by atoms with Gasteiger partial charge in [-0.1, -0.05) is 18.2 Å². The minimum absolute atomic E-state index is 0.157. The third-order valence-electron chi connectivity index (χ3n) is 3.71. The van der Waals surface area contributed by atoms with Gasteiger partial charge in [0.2, 0.25) is 0 Å². The second-order valence-corrected chi connectivity index (χ2v) is 6.83. The first-order valence-corrected chi connectivity index (χ1v) is 8.36. The minimum atomic E-state index is -0.550. The van der Waals surface area contributed by atoms with Crippen molar-refractivity contribution in [1.29, 1.82) is 0 Å². The fraction of sp³-hybridized carbons (Fsp3) is 0.786. The lowest BCUT2D eigenvalue weighted by atomic mass is 9.95. The highest BCUT2D eigenvalue weighted by atomic mass is 32.2. The van der Waals surface area contributed by atoms with Crippen LogP contribution in [0.2, 0.25) is 0 Å². The Balaban J connectivity index is 1.71. The number of hydrogen-bond acceptors (Lipinski definition) is 6. The summed E-state index contributed by atoms with van der Waals surface area (Å²) in [6, 6.07) is 0.488. The largest absolute Gasteiger partial charge is 0.468 e. The maximum Gasteiger partial charge on any atom is 0.325 e. The maximum atomic E-state index is 12.0. The van der Waals surface area contributed by atoms with E-state index >= 15 is 0 Å². The van der Waals surface area contributed by atoms with Crippen LogP contribution in [0.25, 0.3) is 0 Å². The molecule has 1 saturated carbocycles. The molecule has 0 aromatic carbocycles. The normalized spacial score (nSPS) is 17.5. The Kier molecular flexibility index (Phi) is 5.64. The molecular formula is C14H24N4O2S. The number of esters is 1. The summed E-state index contributed by atoms with van der Waals surface area (Å²) >= 11 is 1.70. The highest BCUT2D eigenvalue weighted by Crippen LogP contribution is 2.26. The van der Waals surface area contributed by atoms with Gasteiger partial charge in [0.25, 0.3) is 0 Å². The second-order valence-electron chi connectivity index (χ2n) is 5.77. The minimum Gasteiger partial charge on any atom is -0.468 e. The first kappa shape index (κ1) is 16.3. The fourth-order valence-electron chi connectivity index (χ4n) is 2.28. The molecule has 1 heterocycles. The van der Waals surface area contributed by atoms with E-state index in [1.54, 1.807) is 18.1 Å². The van der Waals surface area contributed by atoms with Crippen LogP contribution in [-0.4, -0.2) is 45.2 Å². The van der Waals surface area contributed by atoms with Crippen LogP contribution in [0.5, 0.6) is 0 Å². The summed E-state index contributed by atoms with van der Waals surface area (Å²) in [5.74, 6) is 0.822. The number of nitrogens with zero attached hydrogens (tertiary/aromatic N) is 3. The van der Waals surface area contributed by atoms with E-state index in [1.807, 2.05) is 18.5 Å². The zero-order valence-electron chi connectivity index (χ0n) is 13.0. The molecule has 0 saturated heterocycles. The van der Waals surface area contributed by atoms with E-state index in [9.17, 15) is 4.79 Å². The Morgan fingerprint density at radius 1 is 1.57 bits per heavy atom. The average Bonchev–Trinajstić information content (AvgIpc) is 3.18. The number of nitrogens with one attached hydrogen (secondary N) is 1. The number of carbonyl (C=O) groups excluding carboxylic acids is 1. The van der Waals surface area contributed by atoms with Gasteiger partial charge >= 0.3 is 5.97 Å². The number of aromatic nitrogens is 3. The van der Waals surface area contributed by atoms with Crippen molar-refractivity contribution in [2.45, 2.75) is 55.8 Å². The van der Waals surface area contributed by atoms with Gasteiger partial charge in [-0.2, -0.15) is 0 Å². The van der Waals surface area contributed by atoms with E-state index in [1.165, 1.54) is 7.11 Å². The Morgan fingerprint density at radius 2 is 2.33 bits per heavy atom. The summed E-state index contributed by atoms with van der Waals surface area (Å²) < 4.78 is 6.86. The van der Waals surface area contributed by atoms with Crippen molar-refractivity contribution in [2.24, 2.45) is 7.05 Å². The Morgan fingerprint density at radius 3 is 2.90 bits per heavy atom. The summed E-state index contributed by atoms with van der Waals surface area (Å²) in [5, 5.41) is 12.3. The number of methoxy groups -OCH3 is 1. The number of carbonyl (C=O) groups is 1. The van der Waals surface area contributed by atoms with Gasteiger partial charge in [-0.3, -0.25) is 10.1 Å². The van der Waals surface area contributed by atoms with Crippen molar-refractivity contribution in [2.75, 3.05) is 12.9 Å². The molecule has 1 fully saturated rings. The predicted molar refractivity (Wildman–Crippen MR) is 82.2 cm³/mol. The molecule has 0 amide bonds. The van der Waals surface area contributed by atoms with Crippen LogP contribution in [0.15, 0.2) is 11.5 Å². The number of thioether (sulfide) groups is 1. The summed E-state index contributed by atoms with van der Waals surface area (Å²) in [7, 11) is 3.40. The van der Waals surface area contributed by atoms with Crippen LogP contribution >= 0.6 is 11.8 Å². The second kappa shape index (κ2) is 7.26. The third kappa shape index (κ3) is 4.71. The molecule has 1 atom stereocenters. The lowest BCUT2D eigenvalue weighted by Gasteiger charge is -2.28. The van der Waals surface area contributed by atoms with E-state index in [-0.39, 0.29) is 5.97 Å². The van der Waals surface area contributed by atoms with Crippen LogP contribution in [0.3, 0.4) is 0 Å². The van der Waals surface area contributed by atoms with Gasteiger partial charge < -0.3 is 9.30 Å². The van der Waals surface area contributed by atoms with Crippen molar-refractivity contribution in [3.05, 3.63) is 6.33 Å². The third-order valence-corrected chi connectivity index (χ3v) is 4.83. The number of hydrogen-bond donors (Lipinski definition) is 1. The summed E-state index contributed by atoms with van der Waals surface area (Å²) in [6.45, 7) is 1.95. The quantitative estimate of drug-likeness (QED) is 0.426. The van der Waals surface area contributed by atoms with Crippen LogP contribution in [0.1, 0.15) is 39.0 Å². The van der Waals surface area contributed by atoms with Crippen LogP contribution in [0.4, 0.5) is 0 Å². The SMILES string of the molecule is COC(=O)C(C)(CCCCSc1nncn1C)NC1CC1. The van der Waals surface area contributed by atoms with Crippen molar-refractivity contribution < 1.29 is 9.53 Å². The molecule has 0 spiro atoms. The van der Waals surface area contributed by atoms with Crippen LogP contribution < -0.4 is 5.32 Å². The average molecular weight is 312 g/mol. The first-order valence-electron chi connectivity index (χ1n) is 7.38. The first-order chi connectivity index (χ1) is 10.0. The molecule has 1 aromatic rings. The van der Waals surface area contributed by atoms with Crippen molar-refractivity contribution in [3.63, 3.8) is 0 Å². The van der Waals surface area contributed by atoms with Crippen molar-refractivity contribution in [3.8, 4) is 0 Å². The lowest BCUT2D eigenvalue weighted by Crippen LogP contribution is -2.51. The number of unbranched alkanes of at least 4 members (excludes halogenated alkanes) is 1. The lowest BCUT2D eigenvalue weighted by molar-refractivity contribution is -0.148. The molecule has 1 unspecified atom stereocenters. The standard InChI is InChI=1S/C14H24N4O2S/c1-14(12(19)20-3,16-11-6-7-11)8-4-5-9-21-13-17-15-10-18(13)2/h10-11,16H,4-9H2,1-3H3. The molecule has 118 valence electrons. The summed E-state index contributed by atoms with van der Waals surface area (Å²) in [4.78, 5) is 12.0. The van der Waals surface area contributed by atoms with Crippen molar-refractivity contribution in [1.82, 2.24) is 20.1 Å². The van der Waals surface area contributed by atoms with Gasteiger partial charge in [-0.05, 0) is 32.6 Å². The molecule has 1 aliphatic rings. The Hall–Kier alpha value is -1.08. The number of rotatable bonds is 9. The summed E-state index contributed by atoms with van der Waals surface area (Å²) in [6.07, 6.45) is 6.85. The number of ether oxygens (including phenoxy) is 1. The molecule has 0 radical (unpaired) electrons. The van der Waals surface area contributed by atoms with E-state index in [0.717, 1.165) is 43.0 Å². The zero-order chi connectivity index (χ0) is 15.3. The van der Waals surface area contributed by atoms with Gasteiger partial charge in [-0.15, -0.1) is 10.2 Å². The Labute approximate surface area is 130 Å². The Bertz CT molecular complexity index is 475. The van der Waals surface area contributed by atoms with E-state index < -0.39 is 5.54 Å². The highest BCUT2D eigenvalue weighted by Gasteiger charge is 2.38. The van der Waals surface area contributed by atoms with Gasteiger partial charge in [0.1, 0.15) is 11.9 Å².